The Morgan fingerprint density at radius 1 is 1.45 bits per heavy atom. The summed E-state index contributed by atoms with van der Waals surface area (Å²) in [6.07, 6.45) is 1.57. The molecule has 1 aromatic heterocycles. The average molecular weight is 336 g/mol. The Labute approximate surface area is 136 Å². The lowest BCUT2D eigenvalue weighted by Crippen LogP contribution is -2.37. The third kappa shape index (κ3) is 2.89. The summed E-state index contributed by atoms with van der Waals surface area (Å²) in [6, 6.07) is 7.09. The SMILES string of the molecule is Cc1cnc2n(c1=O)CC(C(=O)Nc1ccccc1Cl)CS2. The minimum atomic E-state index is -0.296. The number of benzene rings is 1. The fraction of sp³-hybridized carbons (Fsp3) is 0.267. The van der Waals surface area contributed by atoms with E-state index < -0.39 is 0 Å². The Kier molecular flexibility index (Phi) is 4.22. The molecule has 7 heteroatoms. The molecule has 2 heterocycles. The van der Waals surface area contributed by atoms with Gasteiger partial charge in [0.1, 0.15) is 0 Å². The van der Waals surface area contributed by atoms with Crippen molar-refractivity contribution in [1.29, 1.82) is 0 Å². The Bertz CT molecular complexity index is 791. The van der Waals surface area contributed by atoms with Gasteiger partial charge in [-0.1, -0.05) is 35.5 Å². The monoisotopic (exact) mass is 335 g/mol. The van der Waals surface area contributed by atoms with Gasteiger partial charge in [0.05, 0.1) is 16.6 Å². The number of hydrogen-bond acceptors (Lipinski definition) is 4. The highest BCUT2D eigenvalue weighted by atomic mass is 35.5. The third-order valence-corrected chi connectivity index (χ3v) is 4.98. The van der Waals surface area contributed by atoms with Crippen molar-refractivity contribution in [2.75, 3.05) is 11.1 Å². The number of aryl methyl sites for hydroxylation is 1. The summed E-state index contributed by atoms with van der Waals surface area (Å²) in [5.74, 6) is 0.154. The zero-order valence-corrected chi connectivity index (χ0v) is 13.4. The molecule has 1 aromatic carbocycles. The van der Waals surface area contributed by atoms with Crippen LogP contribution in [0.5, 0.6) is 0 Å². The number of rotatable bonds is 2. The Morgan fingerprint density at radius 3 is 3.00 bits per heavy atom. The van der Waals surface area contributed by atoms with Crippen LogP contribution in [-0.2, 0) is 11.3 Å². The molecule has 1 aliphatic heterocycles. The van der Waals surface area contributed by atoms with E-state index in [1.807, 2.05) is 6.07 Å². The molecule has 1 aliphatic rings. The van der Waals surface area contributed by atoms with Gasteiger partial charge in [0.2, 0.25) is 5.91 Å². The second-order valence-electron chi connectivity index (χ2n) is 5.12. The zero-order valence-electron chi connectivity index (χ0n) is 11.9. The zero-order chi connectivity index (χ0) is 15.7. The van der Waals surface area contributed by atoms with Crippen LogP contribution >= 0.6 is 23.4 Å². The first kappa shape index (κ1) is 15.1. The maximum Gasteiger partial charge on any atom is 0.257 e. The number of amides is 1. The largest absolute Gasteiger partial charge is 0.324 e. The third-order valence-electron chi connectivity index (χ3n) is 3.50. The van der Waals surface area contributed by atoms with Crippen LogP contribution in [0, 0.1) is 12.8 Å². The van der Waals surface area contributed by atoms with E-state index in [9.17, 15) is 9.59 Å². The number of anilines is 1. The standard InChI is InChI=1S/C15H14ClN3O2S/c1-9-6-17-15-19(14(9)21)7-10(8-22-15)13(20)18-12-5-3-2-4-11(12)16/h2-6,10H,7-8H2,1H3,(H,18,20). The van der Waals surface area contributed by atoms with E-state index in [1.165, 1.54) is 11.8 Å². The van der Waals surface area contributed by atoms with Crippen LogP contribution < -0.4 is 10.9 Å². The van der Waals surface area contributed by atoms with Crippen molar-refractivity contribution < 1.29 is 4.79 Å². The molecule has 0 radical (unpaired) electrons. The highest BCUT2D eigenvalue weighted by Crippen LogP contribution is 2.27. The molecule has 1 unspecified atom stereocenters. The minimum absolute atomic E-state index is 0.0901. The van der Waals surface area contributed by atoms with Crippen molar-refractivity contribution >= 4 is 35.0 Å². The number of nitrogens with zero attached hydrogens (tertiary/aromatic N) is 2. The van der Waals surface area contributed by atoms with Gasteiger partial charge in [-0.25, -0.2) is 4.98 Å². The number of para-hydroxylation sites is 1. The minimum Gasteiger partial charge on any atom is -0.324 e. The highest BCUT2D eigenvalue weighted by Gasteiger charge is 2.27. The van der Waals surface area contributed by atoms with Crippen molar-refractivity contribution in [3.05, 3.63) is 51.4 Å². The molecule has 3 rings (SSSR count). The van der Waals surface area contributed by atoms with Gasteiger partial charge in [-0.3, -0.25) is 14.2 Å². The van der Waals surface area contributed by atoms with Crippen LogP contribution in [-0.4, -0.2) is 21.2 Å². The molecule has 0 fully saturated rings. The molecule has 5 nitrogen and oxygen atoms in total. The number of carbonyl (C=O) groups is 1. The van der Waals surface area contributed by atoms with Crippen molar-refractivity contribution in [1.82, 2.24) is 9.55 Å². The molecule has 1 N–H and O–H groups in total. The summed E-state index contributed by atoms with van der Waals surface area (Å²) >= 11 is 7.47. The molecule has 0 aliphatic carbocycles. The number of thioether (sulfide) groups is 1. The predicted molar refractivity (Wildman–Crippen MR) is 87.5 cm³/mol. The van der Waals surface area contributed by atoms with Gasteiger partial charge in [0, 0.05) is 24.1 Å². The van der Waals surface area contributed by atoms with E-state index >= 15 is 0 Å². The summed E-state index contributed by atoms with van der Waals surface area (Å²) in [5.41, 5.74) is 1.07. The molecule has 114 valence electrons. The van der Waals surface area contributed by atoms with Gasteiger partial charge in [-0.15, -0.1) is 0 Å². The molecule has 0 bridgehead atoms. The molecule has 0 saturated carbocycles. The maximum absolute atomic E-state index is 12.4. The average Bonchev–Trinajstić information content (AvgIpc) is 2.53. The van der Waals surface area contributed by atoms with Crippen molar-refractivity contribution in [3.63, 3.8) is 0 Å². The fourth-order valence-corrected chi connectivity index (χ4v) is 3.49. The second-order valence-corrected chi connectivity index (χ2v) is 6.51. The summed E-state index contributed by atoms with van der Waals surface area (Å²) in [6.45, 7) is 2.06. The normalized spacial score (nSPS) is 16.9. The van der Waals surface area contributed by atoms with Crippen LogP contribution in [0.2, 0.25) is 5.02 Å². The number of aromatic nitrogens is 2. The van der Waals surface area contributed by atoms with Crippen molar-refractivity contribution in [3.8, 4) is 0 Å². The number of fused-ring (bicyclic) bond motifs is 1. The first-order valence-electron chi connectivity index (χ1n) is 6.81. The van der Waals surface area contributed by atoms with Crippen molar-refractivity contribution in [2.24, 2.45) is 5.92 Å². The van der Waals surface area contributed by atoms with Crippen LogP contribution in [0.25, 0.3) is 0 Å². The van der Waals surface area contributed by atoms with Gasteiger partial charge in [-0.2, -0.15) is 0 Å². The fourth-order valence-electron chi connectivity index (χ4n) is 2.26. The van der Waals surface area contributed by atoms with E-state index in [0.717, 1.165) is 0 Å². The molecule has 0 saturated heterocycles. The van der Waals surface area contributed by atoms with Gasteiger partial charge >= 0.3 is 0 Å². The lowest BCUT2D eigenvalue weighted by atomic mass is 10.1. The summed E-state index contributed by atoms with van der Waals surface area (Å²) < 4.78 is 1.57. The Hall–Kier alpha value is -1.79. The van der Waals surface area contributed by atoms with Crippen LogP contribution in [0.1, 0.15) is 5.56 Å². The molecule has 1 amide bonds. The number of carbonyl (C=O) groups excluding carboxylic acids is 1. The van der Waals surface area contributed by atoms with Gasteiger partial charge in [-0.05, 0) is 19.1 Å². The maximum atomic E-state index is 12.4. The second kappa shape index (κ2) is 6.14. The van der Waals surface area contributed by atoms with Gasteiger partial charge in [0.15, 0.2) is 5.16 Å². The summed E-state index contributed by atoms with van der Waals surface area (Å²) in [7, 11) is 0. The smallest absolute Gasteiger partial charge is 0.257 e. The number of nitrogens with one attached hydrogen (secondary N) is 1. The van der Waals surface area contributed by atoms with E-state index in [4.69, 9.17) is 11.6 Å². The topological polar surface area (TPSA) is 64.0 Å². The first-order chi connectivity index (χ1) is 10.6. The number of hydrogen-bond donors (Lipinski definition) is 1. The Morgan fingerprint density at radius 2 is 2.23 bits per heavy atom. The summed E-state index contributed by atoms with van der Waals surface area (Å²) in [5, 5.41) is 3.98. The summed E-state index contributed by atoms with van der Waals surface area (Å²) in [4.78, 5) is 28.8. The Balaban J connectivity index is 1.80. The molecule has 1 atom stereocenters. The van der Waals surface area contributed by atoms with E-state index in [2.05, 4.69) is 10.3 Å². The van der Waals surface area contributed by atoms with Crippen LogP contribution in [0.15, 0.2) is 40.4 Å². The molecular weight excluding hydrogens is 322 g/mol. The van der Waals surface area contributed by atoms with Gasteiger partial charge in [0.25, 0.3) is 5.56 Å². The first-order valence-corrected chi connectivity index (χ1v) is 8.17. The predicted octanol–water partition coefficient (Wildman–Crippen LogP) is 2.57. The molecule has 2 aromatic rings. The van der Waals surface area contributed by atoms with Crippen LogP contribution in [0.3, 0.4) is 0 Å². The lowest BCUT2D eigenvalue weighted by molar-refractivity contribution is -0.119. The lowest BCUT2D eigenvalue weighted by Gasteiger charge is -2.24. The molecule has 22 heavy (non-hydrogen) atoms. The molecule has 0 spiro atoms. The number of halogens is 1. The quantitative estimate of drug-likeness (QED) is 0.857. The molecular formula is C15H14ClN3O2S. The van der Waals surface area contributed by atoms with E-state index in [1.54, 1.807) is 35.9 Å². The van der Waals surface area contributed by atoms with E-state index in [0.29, 0.717) is 33.7 Å². The van der Waals surface area contributed by atoms with Crippen LogP contribution in [0.4, 0.5) is 5.69 Å². The highest BCUT2D eigenvalue weighted by molar-refractivity contribution is 7.99. The van der Waals surface area contributed by atoms with Gasteiger partial charge < -0.3 is 5.32 Å². The van der Waals surface area contributed by atoms with E-state index in [-0.39, 0.29) is 17.4 Å². The van der Waals surface area contributed by atoms with Crippen molar-refractivity contribution in [2.45, 2.75) is 18.6 Å².